The molecule has 2 heteroatoms. The van der Waals surface area contributed by atoms with E-state index in [2.05, 4.69) is 55.3 Å². The van der Waals surface area contributed by atoms with Gasteiger partial charge in [-0.3, -0.25) is 0 Å². The van der Waals surface area contributed by atoms with Crippen LogP contribution in [-0.4, -0.2) is 19.1 Å². The van der Waals surface area contributed by atoms with Crippen LogP contribution in [-0.2, 0) is 6.54 Å². The van der Waals surface area contributed by atoms with Gasteiger partial charge in [0.05, 0.1) is 0 Å². The summed E-state index contributed by atoms with van der Waals surface area (Å²) in [7, 11) is 0. The molecule has 1 aromatic rings. The van der Waals surface area contributed by atoms with E-state index in [9.17, 15) is 0 Å². The Balaban J connectivity index is 2.17. The van der Waals surface area contributed by atoms with Gasteiger partial charge in [0.25, 0.3) is 0 Å². The molecular formula is C16H26N2. The molecule has 2 rings (SSSR count). The normalized spacial score (nSPS) is 15.1. The quantitative estimate of drug-likeness (QED) is 0.793. The van der Waals surface area contributed by atoms with Crippen molar-refractivity contribution in [3.63, 3.8) is 0 Å². The smallest absolute Gasteiger partial charge is 0.0414 e. The van der Waals surface area contributed by atoms with Crippen LogP contribution in [0.2, 0.25) is 0 Å². The number of hydrogen-bond acceptors (Lipinski definition) is 2. The zero-order valence-electron chi connectivity index (χ0n) is 11.9. The molecule has 0 aromatic heterocycles. The number of rotatable bonds is 7. The van der Waals surface area contributed by atoms with E-state index < -0.39 is 0 Å². The molecule has 0 heterocycles. The molecule has 18 heavy (non-hydrogen) atoms. The molecule has 0 unspecified atom stereocenters. The highest BCUT2D eigenvalue weighted by Gasteiger charge is 2.30. The maximum atomic E-state index is 3.45. The largest absolute Gasteiger partial charge is 0.368 e. The summed E-state index contributed by atoms with van der Waals surface area (Å²) in [6, 6.07) is 9.65. The molecule has 1 aliphatic carbocycles. The van der Waals surface area contributed by atoms with Crippen molar-refractivity contribution in [3.8, 4) is 0 Å². The van der Waals surface area contributed by atoms with Crippen molar-refractivity contribution in [2.45, 2.75) is 46.2 Å². The predicted molar refractivity (Wildman–Crippen MR) is 79.0 cm³/mol. The molecule has 100 valence electrons. The SMILES string of the molecule is CCNCc1ccccc1N(CC(C)C)C1CC1. The van der Waals surface area contributed by atoms with Crippen molar-refractivity contribution in [1.82, 2.24) is 5.32 Å². The van der Waals surface area contributed by atoms with Gasteiger partial charge in [-0.15, -0.1) is 0 Å². The van der Waals surface area contributed by atoms with Crippen molar-refractivity contribution >= 4 is 5.69 Å². The Morgan fingerprint density at radius 2 is 2.00 bits per heavy atom. The molecule has 1 aliphatic rings. The number of para-hydroxylation sites is 1. The Kier molecular flexibility index (Phi) is 4.65. The predicted octanol–water partition coefficient (Wildman–Crippen LogP) is 3.42. The summed E-state index contributed by atoms with van der Waals surface area (Å²) in [5.41, 5.74) is 2.88. The van der Waals surface area contributed by atoms with Gasteiger partial charge >= 0.3 is 0 Å². The van der Waals surface area contributed by atoms with Crippen LogP contribution in [0.15, 0.2) is 24.3 Å². The molecule has 0 saturated heterocycles. The molecule has 1 fully saturated rings. The lowest BCUT2D eigenvalue weighted by Crippen LogP contribution is -2.31. The Hall–Kier alpha value is -1.02. The minimum atomic E-state index is 0.720. The van der Waals surface area contributed by atoms with E-state index in [0.29, 0.717) is 0 Å². The van der Waals surface area contributed by atoms with Crippen LogP contribution in [0, 0.1) is 5.92 Å². The fourth-order valence-electron chi connectivity index (χ4n) is 2.42. The average Bonchev–Trinajstić information content (AvgIpc) is 3.18. The summed E-state index contributed by atoms with van der Waals surface area (Å²) in [5.74, 6) is 0.720. The Labute approximate surface area is 111 Å². The summed E-state index contributed by atoms with van der Waals surface area (Å²) in [6.45, 7) is 9.96. The van der Waals surface area contributed by atoms with E-state index in [1.165, 1.54) is 30.6 Å². The van der Waals surface area contributed by atoms with E-state index in [4.69, 9.17) is 0 Å². The number of nitrogens with one attached hydrogen (secondary N) is 1. The molecule has 1 N–H and O–H groups in total. The Bertz CT molecular complexity index is 369. The first-order chi connectivity index (χ1) is 8.72. The second-order valence-electron chi connectivity index (χ2n) is 5.69. The van der Waals surface area contributed by atoms with Crippen molar-refractivity contribution in [1.29, 1.82) is 0 Å². The number of nitrogens with zero attached hydrogens (tertiary/aromatic N) is 1. The summed E-state index contributed by atoms with van der Waals surface area (Å²) >= 11 is 0. The number of hydrogen-bond donors (Lipinski definition) is 1. The first kappa shape index (κ1) is 13.4. The molecule has 0 spiro atoms. The molecule has 2 nitrogen and oxygen atoms in total. The van der Waals surface area contributed by atoms with Gasteiger partial charge in [-0.1, -0.05) is 39.0 Å². The minimum Gasteiger partial charge on any atom is -0.368 e. The van der Waals surface area contributed by atoms with E-state index >= 15 is 0 Å². The maximum absolute atomic E-state index is 3.45. The monoisotopic (exact) mass is 246 g/mol. The zero-order chi connectivity index (χ0) is 13.0. The highest BCUT2D eigenvalue weighted by atomic mass is 15.2. The zero-order valence-corrected chi connectivity index (χ0v) is 11.9. The fraction of sp³-hybridized carbons (Fsp3) is 0.625. The van der Waals surface area contributed by atoms with Gasteiger partial charge in [0.15, 0.2) is 0 Å². The summed E-state index contributed by atoms with van der Waals surface area (Å²) in [5, 5.41) is 3.45. The molecule has 0 bridgehead atoms. The van der Waals surface area contributed by atoms with Crippen LogP contribution in [0.3, 0.4) is 0 Å². The molecule has 1 saturated carbocycles. The third-order valence-corrected chi connectivity index (χ3v) is 3.42. The van der Waals surface area contributed by atoms with Crippen LogP contribution in [0.5, 0.6) is 0 Å². The molecule has 0 radical (unpaired) electrons. The molecule has 0 aliphatic heterocycles. The standard InChI is InChI=1S/C16H26N2/c1-4-17-11-14-7-5-6-8-16(14)18(12-13(2)3)15-9-10-15/h5-8,13,15,17H,4,9-12H2,1-3H3. The second kappa shape index (κ2) is 6.24. The molecular weight excluding hydrogens is 220 g/mol. The lowest BCUT2D eigenvalue weighted by atomic mass is 10.1. The first-order valence-corrected chi connectivity index (χ1v) is 7.27. The van der Waals surface area contributed by atoms with Crippen LogP contribution in [0.1, 0.15) is 39.2 Å². The molecule has 0 atom stereocenters. The highest BCUT2D eigenvalue weighted by molar-refractivity contribution is 5.55. The Morgan fingerprint density at radius 1 is 1.28 bits per heavy atom. The van der Waals surface area contributed by atoms with Crippen molar-refractivity contribution in [2.75, 3.05) is 18.0 Å². The van der Waals surface area contributed by atoms with E-state index in [-0.39, 0.29) is 0 Å². The van der Waals surface area contributed by atoms with E-state index in [0.717, 1.165) is 25.0 Å². The van der Waals surface area contributed by atoms with Crippen LogP contribution < -0.4 is 10.2 Å². The minimum absolute atomic E-state index is 0.720. The fourth-order valence-corrected chi connectivity index (χ4v) is 2.42. The van der Waals surface area contributed by atoms with Gasteiger partial charge in [-0.25, -0.2) is 0 Å². The van der Waals surface area contributed by atoms with Crippen molar-refractivity contribution in [2.24, 2.45) is 5.92 Å². The van der Waals surface area contributed by atoms with Crippen molar-refractivity contribution in [3.05, 3.63) is 29.8 Å². The third-order valence-electron chi connectivity index (χ3n) is 3.42. The molecule has 0 amide bonds. The average molecular weight is 246 g/mol. The van der Waals surface area contributed by atoms with Gasteiger partial charge in [0.1, 0.15) is 0 Å². The van der Waals surface area contributed by atoms with Gasteiger partial charge in [-0.2, -0.15) is 0 Å². The summed E-state index contributed by atoms with van der Waals surface area (Å²) in [6.07, 6.45) is 2.73. The lowest BCUT2D eigenvalue weighted by Gasteiger charge is -2.29. The van der Waals surface area contributed by atoms with Crippen LogP contribution in [0.4, 0.5) is 5.69 Å². The second-order valence-corrected chi connectivity index (χ2v) is 5.69. The lowest BCUT2D eigenvalue weighted by molar-refractivity contribution is 0.603. The Morgan fingerprint density at radius 3 is 2.61 bits per heavy atom. The first-order valence-electron chi connectivity index (χ1n) is 7.27. The number of anilines is 1. The van der Waals surface area contributed by atoms with Crippen LogP contribution in [0.25, 0.3) is 0 Å². The summed E-state index contributed by atoms with van der Waals surface area (Å²) in [4.78, 5) is 2.62. The van der Waals surface area contributed by atoms with Crippen LogP contribution >= 0.6 is 0 Å². The topological polar surface area (TPSA) is 15.3 Å². The van der Waals surface area contributed by atoms with Crippen molar-refractivity contribution < 1.29 is 0 Å². The van der Waals surface area contributed by atoms with Gasteiger partial charge in [0.2, 0.25) is 0 Å². The van der Waals surface area contributed by atoms with E-state index in [1.54, 1.807) is 0 Å². The maximum Gasteiger partial charge on any atom is 0.0414 e. The van der Waals surface area contributed by atoms with Gasteiger partial charge in [-0.05, 0) is 36.9 Å². The van der Waals surface area contributed by atoms with Gasteiger partial charge in [0, 0.05) is 24.8 Å². The number of benzene rings is 1. The molecule has 1 aromatic carbocycles. The van der Waals surface area contributed by atoms with Gasteiger partial charge < -0.3 is 10.2 Å². The third kappa shape index (κ3) is 3.49. The van der Waals surface area contributed by atoms with E-state index in [1.807, 2.05) is 0 Å². The summed E-state index contributed by atoms with van der Waals surface area (Å²) < 4.78 is 0. The highest BCUT2D eigenvalue weighted by Crippen LogP contribution is 2.34.